The molecular formula is C23H38O22Ti2. The molecule has 0 aromatic carbocycles. The molecule has 0 fully saturated rings. The summed E-state index contributed by atoms with van der Waals surface area (Å²) >= 11 is 1.53. The molecule has 0 aliphatic carbocycles. The van der Waals surface area contributed by atoms with E-state index in [-0.39, 0.29) is 25.8 Å². The van der Waals surface area contributed by atoms with Crippen molar-refractivity contribution < 1.29 is 152 Å². The topological polar surface area (TPSA) is 440 Å². The number of rotatable bonds is 7. The van der Waals surface area contributed by atoms with Gasteiger partial charge in [0.1, 0.15) is 0 Å². The fourth-order valence-corrected chi connectivity index (χ4v) is 0. The molecule has 0 aliphatic heterocycles. The molecule has 0 aromatic heterocycles. The number of carbonyl (C=O) groups excluding carboxylic acids is 8. The summed E-state index contributed by atoms with van der Waals surface area (Å²) in [4.78, 5) is 74.8. The van der Waals surface area contributed by atoms with Crippen LogP contribution in [-0.4, -0.2) is 124 Å². The van der Waals surface area contributed by atoms with Gasteiger partial charge in [-0.3, -0.25) is 0 Å². The van der Waals surface area contributed by atoms with Crippen LogP contribution in [0.5, 0.6) is 0 Å². The molecule has 0 saturated carbocycles. The van der Waals surface area contributed by atoms with Gasteiger partial charge in [0.05, 0.1) is 84.5 Å². The summed E-state index contributed by atoms with van der Waals surface area (Å²) in [6.45, 7) is 9.47. The maximum absolute atomic E-state index is 9.44. The number of hydrogen-bond acceptors (Lipinski definition) is 22. The molecule has 0 amide bonds. The number of carbonyl (C=O) groups is 8. The van der Waals surface area contributed by atoms with Crippen molar-refractivity contribution in [2.24, 2.45) is 0 Å². The van der Waals surface area contributed by atoms with E-state index in [1.807, 2.05) is 0 Å². The Kier molecular flexibility index (Phi) is 61.0. The van der Waals surface area contributed by atoms with E-state index in [0.717, 1.165) is 48.5 Å². The SMILES string of the molecule is CC(O)C(=O)[O-].CC(O)C(=O)[O-].CC(O)C(=O)[O-].CC(O)C(=O)[O-].CC(O)C(=O)[O-].CC(O)C(=O)[O-].CC(O)C(=O)[O-].C[C](=O)[Ti+3].[Ti+4]. The van der Waals surface area contributed by atoms with Gasteiger partial charge in [-0.2, -0.15) is 0 Å². The second kappa shape index (κ2) is 43.1. The maximum atomic E-state index is 9.44. The van der Waals surface area contributed by atoms with E-state index >= 15 is 0 Å². The molecular weight excluding hydrogens is 724 g/mol. The predicted octanol–water partition coefficient (Wildman–Crippen LogP) is -13.1. The molecule has 0 bridgehead atoms. The zero-order chi connectivity index (χ0) is 39.7. The summed E-state index contributed by atoms with van der Waals surface area (Å²) in [5.41, 5.74) is 0. The minimum absolute atomic E-state index is 0. The largest absolute Gasteiger partial charge is 4.00 e. The van der Waals surface area contributed by atoms with Gasteiger partial charge in [-0.25, -0.2) is 0 Å². The van der Waals surface area contributed by atoms with E-state index in [1.165, 1.54) is 27.4 Å². The van der Waals surface area contributed by atoms with Crippen LogP contribution in [0.15, 0.2) is 0 Å². The van der Waals surface area contributed by atoms with Crippen LogP contribution in [0, 0.1) is 0 Å². The predicted molar refractivity (Wildman–Crippen MR) is 127 cm³/mol. The molecule has 7 atom stereocenters. The molecule has 0 heterocycles. The zero-order valence-corrected chi connectivity index (χ0v) is 29.4. The van der Waals surface area contributed by atoms with E-state index < -0.39 is 84.5 Å². The van der Waals surface area contributed by atoms with E-state index in [9.17, 15) is 74.1 Å². The first kappa shape index (κ1) is 66.5. The van der Waals surface area contributed by atoms with Crippen LogP contribution in [0.1, 0.15) is 55.4 Å². The second-order valence-corrected chi connectivity index (χ2v) is 8.62. The van der Waals surface area contributed by atoms with Gasteiger partial charge in [-0.1, -0.05) is 0 Å². The molecule has 0 aliphatic rings. The number of aliphatic carboxylic acids is 7. The van der Waals surface area contributed by atoms with Crippen LogP contribution in [0.2, 0.25) is 0 Å². The molecule has 0 saturated heterocycles. The Morgan fingerprint density at radius 1 is 0.362 bits per heavy atom. The van der Waals surface area contributed by atoms with Crippen molar-refractivity contribution in [3.63, 3.8) is 0 Å². The van der Waals surface area contributed by atoms with E-state index in [1.54, 1.807) is 0 Å². The Hall–Kier alpha value is -2.89. The van der Waals surface area contributed by atoms with E-state index in [4.69, 9.17) is 35.7 Å². The van der Waals surface area contributed by atoms with Crippen LogP contribution in [0.4, 0.5) is 0 Å². The van der Waals surface area contributed by atoms with Crippen LogP contribution < -0.4 is 35.7 Å². The Bertz CT molecular complexity index is 673. The molecule has 0 spiro atoms. The van der Waals surface area contributed by atoms with Crippen molar-refractivity contribution >= 4 is 45.9 Å². The standard InChI is InChI=1S/7C3H6O3.C2H3O.2Ti/c7*1-2(4)3(5)6;1-2-3;;/h7*2,4H,1H3,(H,5,6);1H3;;/q;;;;;;;;+3;+4/p-7. The summed E-state index contributed by atoms with van der Waals surface area (Å²) in [6, 6.07) is 0. The van der Waals surface area contributed by atoms with Gasteiger partial charge < -0.3 is 105 Å². The number of aliphatic hydroxyl groups is 7. The van der Waals surface area contributed by atoms with Gasteiger partial charge >= 0.3 is 58.0 Å². The Morgan fingerprint density at radius 2 is 0.383 bits per heavy atom. The molecule has 24 heteroatoms. The molecule has 0 rings (SSSR count). The molecule has 7 N–H and O–H groups in total. The second-order valence-electron chi connectivity index (χ2n) is 7.52. The first-order valence-corrected chi connectivity index (χ1v) is 12.5. The number of carboxylic acid groups (broad SMARTS) is 7. The third-order valence-corrected chi connectivity index (χ3v) is 2.39. The van der Waals surface area contributed by atoms with E-state index in [2.05, 4.69) is 0 Å². The Morgan fingerprint density at radius 3 is 0.383 bits per heavy atom. The fraction of sp³-hybridized carbons (Fsp3) is 0.652. The molecule has 270 valence electrons. The van der Waals surface area contributed by atoms with Crippen molar-refractivity contribution in [2.75, 3.05) is 0 Å². The minimum atomic E-state index is -1.44. The van der Waals surface area contributed by atoms with Gasteiger partial charge in [-0.15, -0.1) is 0 Å². The molecule has 0 radical (unpaired) electrons. The van der Waals surface area contributed by atoms with Crippen molar-refractivity contribution in [1.82, 2.24) is 0 Å². The Balaban J connectivity index is -0.0000000501. The summed E-state index contributed by atoms with van der Waals surface area (Å²) in [5.74, 6) is -10.0. The third-order valence-electron chi connectivity index (χ3n) is 2.39. The zero-order valence-electron chi connectivity index (χ0n) is 26.3. The van der Waals surface area contributed by atoms with Crippen molar-refractivity contribution in [2.45, 2.75) is 98.1 Å². The van der Waals surface area contributed by atoms with Gasteiger partial charge in [0.2, 0.25) is 0 Å². The molecule has 47 heavy (non-hydrogen) atoms. The van der Waals surface area contributed by atoms with Crippen LogP contribution >= 0.6 is 0 Å². The van der Waals surface area contributed by atoms with Crippen LogP contribution in [0.3, 0.4) is 0 Å². The monoisotopic (exact) mass is 762 g/mol. The number of carboxylic acids is 7. The van der Waals surface area contributed by atoms with Gasteiger partial charge in [0.25, 0.3) is 0 Å². The average molecular weight is 762 g/mol. The summed E-state index contributed by atoms with van der Waals surface area (Å²) in [7, 11) is 0. The maximum Gasteiger partial charge on any atom is 4.00 e. The molecule has 0 aromatic rings. The van der Waals surface area contributed by atoms with Gasteiger partial charge in [0, 0.05) is 0 Å². The normalized spacial score (nSPS) is 12.8. The summed E-state index contributed by atoms with van der Waals surface area (Å²) in [6.07, 6.45) is -9.40. The smallest absolute Gasteiger partial charge is 4.00 e. The third kappa shape index (κ3) is 116. The van der Waals surface area contributed by atoms with Crippen LogP contribution in [0.25, 0.3) is 0 Å². The van der Waals surface area contributed by atoms with Gasteiger partial charge in [-0.05, 0) is 48.5 Å². The summed E-state index contributed by atoms with van der Waals surface area (Å²) in [5, 5.41) is 121. The first-order chi connectivity index (χ1) is 20.2. The van der Waals surface area contributed by atoms with E-state index in [0.29, 0.717) is 0 Å². The van der Waals surface area contributed by atoms with Crippen LogP contribution in [-0.2, 0) is 80.5 Å². The fourth-order valence-electron chi connectivity index (χ4n) is 0. The van der Waals surface area contributed by atoms with Gasteiger partial charge in [0.15, 0.2) is 0 Å². The average Bonchev–Trinajstić information content (AvgIpc) is 2.85. The summed E-state index contributed by atoms with van der Waals surface area (Å²) < 4.78 is 0.167. The first-order valence-electron chi connectivity index (χ1n) is 11.7. The van der Waals surface area contributed by atoms with Crippen molar-refractivity contribution in [1.29, 1.82) is 0 Å². The van der Waals surface area contributed by atoms with Crippen molar-refractivity contribution in [3.8, 4) is 0 Å². The Labute approximate surface area is 295 Å². The quantitative estimate of drug-likeness (QED) is 0.118. The van der Waals surface area contributed by atoms with Crippen molar-refractivity contribution in [3.05, 3.63) is 0 Å². The molecule has 22 nitrogen and oxygen atoms in total. The minimum Gasteiger partial charge on any atom is 4.00 e. The number of hydrogen-bond donors (Lipinski definition) is 7. The number of aliphatic hydroxyl groups excluding tert-OH is 7. The molecule has 7 unspecified atom stereocenters.